The molecule has 148 valence electrons. The van der Waals surface area contributed by atoms with Crippen molar-refractivity contribution >= 4 is 33.5 Å². The Bertz CT molecular complexity index is 1090. The third-order valence-corrected chi connectivity index (χ3v) is 4.75. The van der Waals surface area contributed by atoms with E-state index in [-0.39, 0.29) is 13.0 Å². The van der Waals surface area contributed by atoms with E-state index in [0.29, 0.717) is 38.0 Å². The van der Waals surface area contributed by atoms with E-state index in [1.165, 1.54) is 12.1 Å². The average molecular weight is 457 g/mol. The Morgan fingerprint density at radius 1 is 1.03 bits per heavy atom. The molecule has 0 fully saturated rings. The number of anilines is 1. The van der Waals surface area contributed by atoms with Crippen LogP contribution in [0.4, 0.5) is 10.1 Å². The first kappa shape index (κ1) is 20.7. The number of rotatable bonds is 6. The zero-order chi connectivity index (χ0) is 21.0. The lowest BCUT2D eigenvalue weighted by Gasteiger charge is -2.12. The number of carboxylic acid groups (broad SMARTS) is 1. The van der Waals surface area contributed by atoms with Crippen molar-refractivity contribution in [3.8, 4) is 11.1 Å². The van der Waals surface area contributed by atoms with Crippen LogP contribution in [0.1, 0.15) is 21.5 Å². The van der Waals surface area contributed by atoms with Crippen molar-refractivity contribution in [2.75, 3.05) is 5.32 Å². The molecule has 0 aliphatic heterocycles. The third-order valence-electron chi connectivity index (χ3n) is 4.29. The summed E-state index contributed by atoms with van der Waals surface area (Å²) in [4.78, 5) is 23.8. The van der Waals surface area contributed by atoms with E-state index in [1.54, 1.807) is 48.5 Å². The molecule has 0 aliphatic rings. The minimum absolute atomic E-state index is 0.201. The minimum atomic E-state index is -0.988. The van der Waals surface area contributed by atoms with Gasteiger partial charge in [0.05, 0.1) is 6.42 Å². The van der Waals surface area contributed by atoms with E-state index in [4.69, 9.17) is 10.8 Å². The van der Waals surface area contributed by atoms with Gasteiger partial charge in [0.15, 0.2) is 0 Å². The van der Waals surface area contributed by atoms with Crippen molar-refractivity contribution < 1.29 is 19.1 Å². The Hall–Kier alpha value is -3.03. The highest BCUT2D eigenvalue weighted by Crippen LogP contribution is 2.28. The largest absolute Gasteiger partial charge is 0.481 e. The second kappa shape index (κ2) is 8.98. The maximum absolute atomic E-state index is 13.9. The monoisotopic (exact) mass is 456 g/mol. The summed E-state index contributed by atoms with van der Waals surface area (Å²) in [5.41, 5.74) is 8.80. The maximum atomic E-state index is 13.9. The van der Waals surface area contributed by atoms with Gasteiger partial charge in [-0.3, -0.25) is 9.59 Å². The summed E-state index contributed by atoms with van der Waals surface area (Å²) in [5.74, 6) is -1.80. The van der Waals surface area contributed by atoms with Gasteiger partial charge in [-0.1, -0.05) is 34.1 Å². The molecular formula is C22H18BrFN2O3. The van der Waals surface area contributed by atoms with Gasteiger partial charge in [-0.15, -0.1) is 0 Å². The predicted octanol–water partition coefficient (Wildman–Crippen LogP) is 4.59. The zero-order valence-corrected chi connectivity index (χ0v) is 16.9. The summed E-state index contributed by atoms with van der Waals surface area (Å²) in [5, 5.41) is 11.8. The third kappa shape index (κ3) is 5.28. The molecule has 5 nitrogen and oxygen atoms in total. The van der Waals surface area contributed by atoms with Crippen LogP contribution in [0.3, 0.4) is 0 Å². The molecule has 0 aromatic heterocycles. The minimum Gasteiger partial charge on any atom is -0.481 e. The SMILES string of the molecule is NCc1cc(F)cc(-c2cc(Br)cc(C(=O)Nc3ccccc3CC(=O)O)c2)c1. The second-order valence-corrected chi connectivity index (χ2v) is 7.38. The van der Waals surface area contributed by atoms with E-state index < -0.39 is 17.7 Å². The molecule has 1 amide bonds. The number of amides is 1. The quantitative estimate of drug-likeness (QED) is 0.505. The molecule has 0 atom stereocenters. The number of para-hydroxylation sites is 1. The Kier molecular flexibility index (Phi) is 6.41. The molecule has 0 spiro atoms. The zero-order valence-electron chi connectivity index (χ0n) is 15.3. The summed E-state index contributed by atoms with van der Waals surface area (Å²) >= 11 is 3.39. The van der Waals surface area contributed by atoms with Crippen LogP contribution in [0.2, 0.25) is 0 Å². The predicted molar refractivity (Wildman–Crippen MR) is 113 cm³/mol. The highest BCUT2D eigenvalue weighted by Gasteiger charge is 2.13. The van der Waals surface area contributed by atoms with Gasteiger partial charge < -0.3 is 16.2 Å². The van der Waals surface area contributed by atoms with Crippen LogP contribution in [0.15, 0.2) is 65.1 Å². The molecule has 0 heterocycles. The fourth-order valence-corrected chi connectivity index (χ4v) is 3.47. The van der Waals surface area contributed by atoms with Crippen LogP contribution in [0.5, 0.6) is 0 Å². The van der Waals surface area contributed by atoms with Gasteiger partial charge in [0.25, 0.3) is 5.91 Å². The lowest BCUT2D eigenvalue weighted by molar-refractivity contribution is -0.136. The van der Waals surface area contributed by atoms with Crippen molar-refractivity contribution in [2.24, 2.45) is 5.73 Å². The lowest BCUT2D eigenvalue weighted by Crippen LogP contribution is -2.14. The Labute approximate surface area is 175 Å². The van der Waals surface area contributed by atoms with Crippen molar-refractivity contribution in [3.63, 3.8) is 0 Å². The van der Waals surface area contributed by atoms with Gasteiger partial charge in [-0.05, 0) is 64.7 Å². The highest BCUT2D eigenvalue weighted by molar-refractivity contribution is 9.10. The maximum Gasteiger partial charge on any atom is 0.307 e. The number of carbonyl (C=O) groups is 2. The van der Waals surface area contributed by atoms with Gasteiger partial charge in [0.2, 0.25) is 0 Å². The van der Waals surface area contributed by atoms with Crippen LogP contribution in [0, 0.1) is 5.82 Å². The van der Waals surface area contributed by atoms with E-state index in [1.807, 2.05) is 0 Å². The van der Waals surface area contributed by atoms with Gasteiger partial charge in [-0.25, -0.2) is 4.39 Å². The molecule has 7 heteroatoms. The molecule has 3 aromatic carbocycles. The lowest BCUT2D eigenvalue weighted by atomic mass is 10.0. The van der Waals surface area contributed by atoms with E-state index in [0.717, 1.165) is 0 Å². The fraction of sp³-hybridized carbons (Fsp3) is 0.0909. The number of hydrogen-bond acceptors (Lipinski definition) is 3. The molecule has 0 aliphatic carbocycles. The van der Waals surface area contributed by atoms with Gasteiger partial charge >= 0.3 is 5.97 Å². The van der Waals surface area contributed by atoms with E-state index in [2.05, 4.69) is 21.2 Å². The van der Waals surface area contributed by atoms with Crippen LogP contribution in [-0.4, -0.2) is 17.0 Å². The van der Waals surface area contributed by atoms with Crippen LogP contribution < -0.4 is 11.1 Å². The Balaban J connectivity index is 1.94. The number of carbonyl (C=O) groups excluding carboxylic acids is 1. The molecule has 0 bridgehead atoms. The molecule has 29 heavy (non-hydrogen) atoms. The van der Waals surface area contributed by atoms with E-state index >= 15 is 0 Å². The van der Waals surface area contributed by atoms with Crippen molar-refractivity contribution in [3.05, 3.63) is 87.6 Å². The summed E-state index contributed by atoms with van der Waals surface area (Å²) in [6.45, 7) is 0.201. The van der Waals surface area contributed by atoms with Crippen molar-refractivity contribution in [2.45, 2.75) is 13.0 Å². The number of nitrogens with two attached hydrogens (primary N) is 1. The normalized spacial score (nSPS) is 10.6. The average Bonchev–Trinajstić information content (AvgIpc) is 2.68. The molecule has 0 unspecified atom stereocenters. The number of hydrogen-bond donors (Lipinski definition) is 3. The van der Waals surface area contributed by atoms with Crippen LogP contribution in [0.25, 0.3) is 11.1 Å². The van der Waals surface area contributed by atoms with Crippen molar-refractivity contribution in [1.29, 1.82) is 0 Å². The van der Waals surface area contributed by atoms with Crippen molar-refractivity contribution in [1.82, 2.24) is 0 Å². The number of carboxylic acids is 1. The number of nitrogens with one attached hydrogen (secondary N) is 1. The molecular weight excluding hydrogens is 439 g/mol. The molecule has 4 N–H and O–H groups in total. The second-order valence-electron chi connectivity index (χ2n) is 6.46. The highest BCUT2D eigenvalue weighted by atomic mass is 79.9. The number of halogens is 2. The molecule has 0 radical (unpaired) electrons. The summed E-state index contributed by atoms with van der Waals surface area (Å²) in [7, 11) is 0. The smallest absolute Gasteiger partial charge is 0.307 e. The van der Waals surface area contributed by atoms with Gasteiger partial charge in [-0.2, -0.15) is 0 Å². The first-order valence-corrected chi connectivity index (χ1v) is 9.56. The molecule has 3 rings (SSSR count). The number of benzene rings is 3. The summed E-state index contributed by atoms with van der Waals surface area (Å²) in [6, 6.07) is 16.3. The van der Waals surface area contributed by atoms with Gasteiger partial charge in [0, 0.05) is 22.3 Å². The summed E-state index contributed by atoms with van der Waals surface area (Å²) in [6.07, 6.45) is -0.203. The first-order valence-electron chi connectivity index (χ1n) is 8.77. The molecule has 0 saturated heterocycles. The Morgan fingerprint density at radius 2 is 1.76 bits per heavy atom. The first-order chi connectivity index (χ1) is 13.9. The van der Waals surface area contributed by atoms with Crippen LogP contribution in [-0.2, 0) is 17.8 Å². The van der Waals surface area contributed by atoms with E-state index in [9.17, 15) is 14.0 Å². The molecule has 3 aromatic rings. The topological polar surface area (TPSA) is 92.4 Å². The number of aliphatic carboxylic acids is 1. The summed E-state index contributed by atoms with van der Waals surface area (Å²) < 4.78 is 14.6. The standard InChI is InChI=1S/C22H18BrFN2O3/c23-18-8-16(15-5-13(12-25)6-19(24)10-15)7-17(9-18)22(29)26-20-4-2-1-3-14(20)11-21(27)28/h1-10H,11-12,25H2,(H,26,29)(H,27,28). The Morgan fingerprint density at radius 3 is 2.48 bits per heavy atom. The fourth-order valence-electron chi connectivity index (χ4n) is 2.98. The van der Waals surface area contributed by atoms with Gasteiger partial charge in [0.1, 0.15) is 5.82 Å². The molecule has 0 saturated carbocycles. The van der Waals surface area contributed by atoms with Crippen LogP contribution >= 0.6 is 15.9 Å².